The largest absolute Gasteiger partial charge is 1.00 e. The number of hydrogen-bond acceptors (Lipinski definition) is 6. The minimum atomic E-state index is -0.558. The van der Waals surface area contributed by atoms with Crippen LogP contribution in [0.5, 0.6) is 11.5 Å². The molecule has 198 valence electrons. The van der Waals surface area contributed by atoms with Gasteiger partial charge >= 0.3 is 129 Å². The smallest absolute Gasteiger partial charge is 0 e. The third-order valence-corrected chi connectivity index (χ3v) is 2.02. The summed E-state index contributed by atoms with van der Waals surface area (Å²) in [6, 6.07) is 2.21. The standard InChI is InChI=1S/2C6H6O3.8CO.3Ru/c2*1-4-6(8)5(7)2-3-9-4;8*1-2;;;/h2*2-3,8H,1H3;;;;;;;;;;;/q;;;;;;;;;;;2*+1/p-2. The monoisotopic (exact) mass is 780 g/mol. The van der Waals surface area contributed by atoms with Crippen molar-refractivity contribution in [3.63, 3.8) is 0 Å². The van der Waals surface area contributed by atoms with Crippen molar-refractivity contribution >= 4 is 0 Å². The molecular weight excluding hydrogens is 767 g/mol. The normalized spacial score (nSPS) is 5.03. The quantitative estimate of drug-likeness (QED) is 0.197. The summed E-state index contributed by atoms with van der Waals surface area (Å²) in [6.07, 6.45) is 2.41. The van der Waals surface area contributed by atoms with Crippen molar-refractivity contribution in [3.05, 3.63) is 110 Å². The van der Waals surface area contributed by atoms with E-state index in [0.29, 0.717) is 0 Å². The van der Waals surface area contributed by atoms with Gasteiger partial charge in [-0.25, -0.2) is 0 Å². The Bertz CT molecular complexity index is 864. The fourth-order valence-electron chi connectivity index (χ4n) is 1.00. The van der Waals surface area contributed by atoms with Crippen LogP contribution in [-0.4, -0.2) is 0 Å². The molecule has 0 aromatic carbocycles. The SMILES string of the molecule is Cc1occc(=O)c1[O-].Cc1occc(=O)c1[O-].[C-]#[O+].[C-]#[O+].[C-]#[O+].[C-]#[O+].[C-]#[O+].[C-]#[O+].[C-]#[O+].[C-]#[O+].[Ru+].[Ru+].[Ru]. The molecule has 0 unspecified atom stereocenters. The van der Waals surface area contributed by atoms with Crippen molar-refractivity contribution < 1.29 is 115 Å². The Balaban J connectivity index is -0.0000000252. The van der Waals surface area contributed by atoms with Crippen LogP contribution in [0.4, 0.5) is 0 Å². The molecule has 0 aliphatic carbocycles. The Morgan fingerprint density at radius 1 is 0.541 bits per heavy atom. The molecule has 0 aliphatic heterocycles. The number of rotatable bonds is 0. The van der Waals surface area contributed by atoms with Crippen molar-refractivity contribution in [2.24, 2.45) is 0 Å². The van der Waals surface area contributed by atoms with Crippen LogP contribution in [0.15, 0.2) is 43.1 Å². The van der Waals surface area contributed by atoms with E-state index in [4.69, 9.17) is 37.2 Å². The Morgan fingerprint density at radius 2 is 0.703 bits per heavy atom. The van der Waals surface area contributed by atoms with Crippen molar-refractivity contribution in [1.29, 1.82) is 0 Å². The average Bonchev–Trinajstić information content (AvgIpc) is 2.95. The van der Waals surface area contributed by atoms with Gasteiger partial charge in [-0.15, -0.1) is 0 Å². The van der Waals surface area contributed by atoms with Gasteiger partial charge in [0.25, 0.3) is 0 Å². The molecule has 2 aromatic rings. The average molecular weight is 777 g/mol. The molecule has 0 amide bonds. The summed E-state index contributed by atoms with van der Waals surface area (Å²) >= 11 is 0. The second-order valence-corrected chi connectivity index (χ2v) is 3.34. The third kappa shape index (κ3) is 51.0. The predicted molar refractivity (Wildman–Crippen MR) is 89.8 cm³/mol. The third-order valence-electron chi connectivity index (χ3n) is 2.02. The van der Waals surface area contributed by atoms with Gasteiger partial charge in [0.15, 0.2) is 10.9 Å². The molecule has 0 bridgehead atoms. The first-order valence-electron chi connectivity index (χ1n) is 6.57. The minimum Gasteiger partial charge on any atom is 0 e. The molecule has 0 spiro atoms. The van der Waals surface area contributed by atoms with Crippen molar-refractivity contribution in [2.45, 2.75) is 13.8 Å². The van der Waals surface area contributed by atoms with E-state index in [1.165, 1.54) is 26.4 Å². The molecule has 2 radical (unpaired) electrons. The zero-order valence-electron chi connectivity index (χ0n) is 18.1. The van der Waals surface area contributed by atoms with Gasteiger partial charge in [0.2, 0.25) is 0 Å². The fraction of sp³-hybridized carbons (Fsp3) is 0.100. The van der Waals surface area contributed by atoms with E-state index in [0.717, 1.165) is 12.1 Å². The Morgan fingerprint density at radius 3 is 0.811 bits per heavy atom. The van der Waals surface area contributed by atoms with Gasteiger partial charge in [-0.1, -0.05) is 0 Å². The van der Waals surface area contributed by atoms with E-state index >= 15 is 0 Å². The summed E-state index contributed by atoms with van der Waals surface area (Å²) < 4.78 is 69.3. The molecule has 0 fully saturated rings. The molecule has 0 aliphatic rings. The molecule has 2 rings (SSSR count). The van der Waals surface area contributed by atoms with Crippen LogP contribution in [0.25, 0.3) is 0 Å². The summed E-state index contributed by atoms with van der Waals surface area (Å²) in [4.78, 5) is 20.9. The second kappa shape index (κ2) is 76.6. The van der Waals surface area contributed by atoms with Crippen molar-refractivity contribution in [2.75, 3.05) is 0 Å². The van der Waals surface area contributed by atoms with Crippen molar-refractivity contribution in [3.8, 4) is 11.5 Å². The van der Waals surface area contributed by atoms with E-state index in [-0.39, 0.29) is 70.0 Å². The van der Waals surface area contributed by atoms with Crippen LogP contribution in [-0.2, 0) is 95.7 Å². The minimum absolute atomic E-state index is 0. The molecule has 0 N–H and O–H groups in total. The second-order valence-electron chi connectivity index (χ2n) is 3.34. The summed E-state index contributed by atoms with van der Waals surface area (Å²) in [6.45, 7) is 38.9. The van der Waals surface area contributed by atoms with Gasteiger partial charge in [-0.3, -0.25) is 9.59 Å². The van der Waals surface area contributed by atoms with Gasteiger partial charge in [-0.05, 0) is 25.3 Å². The molecule has 0 saturated carbocycles. The van der Waals surface area contributed by atoms with E-state index in [9.17, 15) is 19.8 Å². The van der Waals surface area contributed by atoms with Crippen LogP contribution in [0.2, 0.25) is 0 Å². The topological polar surface area (TPSA) is 266 Å². The Kier molecular flexibility index (Phi) is 145. The first-order chi connectivity index (χ1) is 16.4. The molecule has 2 heterocycles. The van der Waals surface area contributed by atoms with Gasteiger partial charge in [-0.2, -0.15) is 0 Å². The van der Waals surface area contributed by atoms with E-state index in [1.54, 1.807) is 0 Å². The maximum Gasteiger partial charge on any atom is 1.00 e. The summed E-state index contributed by atoms with van der Waals surface area (Å²) in [5.41, 5.74) is -1.03. The van der Waals surface area contributed by atoms with Gasteiger partial charge in [0.05, 0.1) is 24.0 Å². The number of hydrogen-bond donors (Lipinski definition) is 0. The molecule has 0 saturated heterocycles. The van der Waals surface area contributed by atoms with Crippen molar-refractivity contribution in [1.82, 2.24) is 0 Å². The van der Waals surface area contributed by atoms with Gasteiger partial charge < -0.3 is 19.0 Å². The van der Waals surface area contributed by atoms with Crippen LogP contribution in [0.1, 0.15) is 11.5 Å². The zero-order chi connectivity index (χ0) is 29.7. The molecular formula is C20H10O14Ru3. The summed E-state index contributed by atoms with van der Waals surface area (Å²) in [5.74, 6) is -0.833. The molecule has 37 heavy (non-hydrogen) atoms. The van der Waals surface area contributed by atoms with Gasteiger partial charge in [0.1, 0.15) is 0 Å². The molecule has 14 nitrogen and oxygen atoms in total. The van der Waals surface area contributed by atoms with Crippen LogP contribution in [0, 0.1) is 67.1 Å². The van der Waals surface area contributed by atoms with Crippen LogP contribution >= 0.6 is 0 Å². The summed E-state index contributed by atoms with van der Waals surface area (Å²) in [5, 5.41) is 21.1. The predicted octanol–water partition coefficient (Wildman–Crippen LogP) is -0.264. The Hall–Kier alpha value is -2.71. The van der Waals surface area contributed by atoms with Crippen LogP contribution < -0.4 is 21.1 Å². The first-order valence-corrected chi connectivity index (χ1v) is 6.57. The summed E-state index contributed by atoms with van der Waals surface area (Å²) in [7, 11) is 0. The first kappa shape index (κ1) is 70.1. The van der Waals surface area contributed by atoms with Gasteiger partial charge in [0, 0.05) is 31.6 Å². The van der Waals surface area contributed by atoms with E-state index in [2.05, 4.69) is 62.0 Å². The molecule has 2 aromatic heterocycles. The van der Waals surface area contributed by atoms with E-state index < -0.39 is 22.4 Å². The Labute approximate surface area is 248 Å². The number of aryl methyl sites for hydroxylation is 2. The molecule has 0 atom stereocenters. The molecule has 17 heteroatoms. The zero-order valence-corrected chi connectivity index (χ0v) is 23.3. The maximum absolute atomic E-state index is 10.6. The van der Waals surface area contributed by atoms with E-state index in [1.807, 2.05) is 0 Å². The maximum atomic E-state index is 10.6. The van der Waals surface area contributed by atoms with Crippen LogP contribution in [0.3, 0.4) is 0 Å². The fourth-order valence-corrected chi connectivity index (χ4v) is 1.00.